The average Bonchev–Trinajstić information content (AvgIpc) is 2.56. The van der Waals surface area contributed by atoms with E-state index in [-0.39, 0.29) is 17.3 Å². The van der Waals surface area contributed by atoms with Crippen LogP contribution in [0.15, 0.2) is 30.5 Å². The Labute approximate surface area is 146 Å². The SMILES string of the molecule is COCCNc1nccc(C(=O)Nc2ccc(Cl)c(C(F)(F)F)c2)n1. The number of ether oxygens (including phenoxy) is 1. The molecule has 0 saturated heterocycles. The van der Waals surface area contributed by atoms with Gasteiger partial charge in [-0.15, -0.1) is 0 Å². The molecular weight excluding hydrogens is 361 g/mol. The standard InChI is InChI=1S/C15H14ClF3N4O2/c1-25-7-6-21-14-20-5-4-12(23-14)13(24)22-9-2-3-11(16)10(8-9)15(17,18)19/h2-5,8H,6-7H2,1H3,(H,22,24)(H,20,21,23). The minimum Gasteiger partial charge on any atom is -0.383 e. The van der Waals surface area contributed by atoms with E-state index in [1.807, 2.05) is 0 Å². The lowest BCUT2D eigenvalue weighted by Gasteiger charge is -2.12. The summed E-state index contributed by atoms with van der Waals surface area (Å²) in [5, 5.41) is 4.75. The second-order valence-electron chi connectivity index (χ2n) is 4.83. The number of aromatic nitrogens is 2. The van der Waals surface area contributed by atoms with Crippen molar-refractivity contribution in [3.05, 3.63) is 46.7 Å². The van der Waals surface area contributed by atoms with Gasteiger partial charge in [0, 0.05) is 25.5 Å². The van der Waals surface area contributed by atoms with Crippen molar-refractivity contribution in [3.8, 4) is 0 Å². The van der Waals surface area contributed by atoms with E-state index in [2.05, 4.69) is 20.6 Å². The van der Waals surface area contributed by atoms with Crippen LogP contribution in [0.25, 0.3) is 0 Å². The fourth-order valence-electron chi connectivity index (χ4n) is 1.85. The maximum atomic E-state index is 12.9. The third-order valence-electron chi connectivity index (χ3n) is 3.01. The van der Waals surface area contributed by atoms with Crippen molar-refractivity contribution in [2.75, 3.05) is 30.9 Å². The predicted molar refractivity (Wildman–Crippen MR) is 86.8 cm³/mol. The van der Waals surface area contributed by atoms with E-state index in [1.165, 1.54) is 25.4 Å². The van der Waals surface area contributed by atoms with Crippen LogP contribution >= 0.6 is 11.6 Å². The van der Waals surface area contributed by atoms with Gasteiger partial charge >= 0.3 is 6.18 Å². The summed E-state index contributed by atoms with van der Waals surface area (Å²) >= 11 is 5.54. The summed E-state index contributed by atoms with van der Waals surface area (Å²) < 4.78 is 43.4. The van der Waals surface area contributed by atoms with Crippen molar-refractivity contribution >= 4 is 29.1 Å². The Morgan fingerprint density at radius 3 is 2.76 bits per heavy atom. The third kappa shape index (κ3) is 5.30. The minimum absolute atomic E-state index is 0.00146. The number of nitrogens with one attached hydrogen (secondary N) is 2. The number of nitrogens with zero attached hydrogens (tertiary/aromatic N) is 2. The summed E-state index contributed by atoms with van der Waals surface area (Å²) in [6.45, 7) is 0.860. The number of hydrogen-bond acceptors (Lipinski definition) is 5. The molecule has 0 aliphatic heterocycles. The fraction of sp³-hybridized carbons (Fsp3) is 0.267. The van der Waals surface area contributed by atoms with Crippen LogP contribution in [0.1, 0.15) is 16.1 Å². The van der Waals surface area contributed by atoms with Crippen molar-refractivity contribution < 1.29 is 22.7 Å². The molecule has 0 unspecified atom stereocenters. The van der Waals surface area contributed by atoms with Crippen molar-refractivity contribution in [1.82, 2.24) is 9.97 Å². The lowest BCUT2D eigenvalue weighted by molar-refractivity contribution is -0.137. The van der Waals surface area contributed by atoms with Crippen LogP contribution in [0.2, 0.25) is 5.02 Å². The van der Waals surface area contributed by atoms with Crippen LogP contribution in [0.4, 0.5) is 24.8 Å². The monoisotopic (exact) mass is 374 g/mol. The molecule has 2 rings (SSSR count). The molecule has 0 aliphatic rings. The Hall–Kier alpha value is -2.39. The number of halogens is 4. The second-order valence-corrected chi connectivity index (χ2v) is 5.24. The molecule has 1 amide bonds. The molecule has 6 nitrogen and oxygen atoms in total. The molecule has 25 heavy (non-hydrogen) atoms. The number of hydrogen-bond donors (Lipinski definition) is 2. The maximum Gasteiger partial charge on any atom is 0.417 e. The highest BCUT2D eigenvalue weighted by molar-refractivity contribution is 6.31. The molecular formula is C15H14ClF3N4O2. The largest absolute Gasteiger partial charge is 0.417 e. The average molecular weight is 375 g/mol. The highest BCUT2D eigenvalue weighted by Crippen LogP contribution is 2.36. The zero-order chi connectivity index (χ0) is 18.4. The minimum atomic E-state index is -4.62. The topological polar surface area (TPSA) is 76.1 Å². The van der Waals surface area contributed by atoms with Gasteiger partial charge in [-0.1, -0.05) is 11.6 Å². The number of carbonyl (C=O) groups excluding carboxylic acids is 1. The van der Waals surface area contributed by atoms with E-state index < -0.39 is 22.7 Å². The van der Waals surface area contributed by atoms with Gasteiger partial charge in [0.15, 0.2) is 0 Å². The number of rotatable bonds is 6. The molecule has 0 radical (unpaired) electrons. The lowest BCUT2D eigenvalue weighted by Crippen LogP contribution is -2.17. The molecule has 10 heteroatoms. The zero-order valence-corrected chi connectivity index (χ0v) is 13.8. The Bertz CT molecular complexity index is 756. The van der Waals surface area contributed by atoms with E-state index in [0.717, 1.165) is 12.1 Å². The molecule has 1 aromatic heterocycles. The van der Waals surface area contributed by atoms with Crippen LogP contribution in [0.5, 0.6) is 0 Å². The number of carbonyl (C=O) groups is 1. The van der Waals surface area contributed by atoms with Gasteiger partial charge in [-0.25, -0.2) is 9.97 Å². The van der Waals surface area contributed by atoms with Crippen LogP contribution in [-0.4, -0.2) is 36.1 Å². The Morgan fingerprint density at radius 2 is 2.08 bits per heavy atom. The van der Waals surface area contributed by atoms with Crippen molar-refractivity contribution in [2.24, 2.45) is 0 Å². The highest BCUT2D eigenvalue weighted by atomic mass is 35.5. The molecule has 1 heterocycles. The summed E-state index contributed by atoms with van der Waals surface area (Å²) in [6, 6.07) is 4.45. The van der Waals surface area contributed by atoms with Gasteiger partial charge in [-0.2, -0.15) is 13.2 Å². The first-order valence-corrected chi connectivity index (χ1v) is 7.43. The van der Waals surface area contributed by atoms with Gasteiger partial charge < -0.3 is 15.4 Å². The summed E-state index contributed by atoms with van der Waals surface area (Å²) in [5.41, 5.74) is -1.08. The number of amides is 1. The summed E-state index contributed by atoms with van der Waals surface area (Å²) in [7, 11) is 1.54. The fourth-order valence-corrected chi connectivity index (χ4v) is 2.08. The molecule has 0 fully saturated rings. The van der Waals surface area contributed by atoms with Crippen LogP contribution < -0.4 is 10.6 Å². The van der Waals surface area contributed by atoms with Crippen molar-refractivity contribution in [1.29, 1.82) is 0 Å². The Kier molecular flexibility index (Phi) is 6.16. The van der Waals surface area contributed by atoms with E-state index in [0.29, 0.717) is 13.2 Å². The normalized spacial score (nSPS) is 11.2. The van der Waals surface area contributed by atoms with E-state index in [1.54, 1.807) is 0 Å². The Balaban J connectivity index is 2.13. The van der Waals surface area contributed by atoms with E-state index in [9.17, 15) is 18.0 Å². The van der Waals surface area contributed by atoms with Gasteiger partial charge in [0.2, 0.25) is 5.95 Å². The molecule has 134 valence electrons. The molecule has 0 spiro atoms. The van der Waals surface area contributed by atoms with Crippen LogP contribution in [0.3, 0.4) is 0 Å². The van der Waals surface area contributed by atoms with Gasteiger partial charge in [0.05, 0.1) is 17.2 Å². The maximum absolute atomic E-state index is 12.9. The summed E-state index contributed by atoms with van der Waals surface area (Å²) in [4.78, 5) is 20.1. The smallest absolute Gasteiger partial charge is 0.383 e. The third-order valence-corrected chi connectivity index (χ3v) is 3.34. The predicted octanol–water partition coefficient (Wildman–Crippen LogP) is 3.46. The molecule has 0 saturated carbocycles. The molecule has 2 aromatic rings. The lowest BCUT2D eigenvalue weighted by atomic mass is 10.2. The molecule has 2 N–H and O–H groups in total. The first-order valence-electron chi connectivity index (χ1n) is 7.05. The molecule has 0 atom stereocenters. The summed E-state index contributed by atoms with van der Waals surface area (Å²) in [6.07, 6.45) is -3.26. The molecule has 0 aliphatic carbocycles. The van der Waals surface area contributed by atoms with Crippen LogP contribution in [-0.2, 0) is 10.9 Å². The molecule has 0 bridgehead atoms. The Morgan fingerprint density at radius 1 is 1.32 bits per heavy atom. The zero-order valence-electron chi connectivity index (χ0n) is 13.0. The first kappa shape index (κ1) is 18.9. The van der Waals surface area contributed by atoms with Gasteiger partial charge in [0.1, 0.15) is 5.69 Å². The number of benzene rings is 1. The van der Waals surface area contributed by atoms with Crippen molar-refractivity contribution in [3.63, 3.8) is 0 Å². The quantitative estimate of drug-likeness (QED) is 0.757. The summed E-state index contributed by atoms with van der Waals surface area (Å²) in [5.74, 6) is -0.468. The van der Waals surface area contributed by atoms with Gasteiger partial charge in [-0.05, 0) is 24.3 Å². The van der Waals surface area contributed by atoms with Gasteiger partial charge in [-0.3, -0.25) is 4.79 Å². The second kappa shape index (κ2) is 8.13. The van der Waals surface area contributed by atoms with Crippen molar-refractivity contribution in [2.45, 2.75) is 6.18 Å². The van der Waals surface area contributed by atoms with E-state index in [4.69, 9.17) is 16.3 Å². The van der Waals surface area contributed by atoms with Gasteiger partial charge in [0.25, 0.3) is 5.91 Å². The van der Waals surface area contributed by atoms with E-state index >= 15 is 0 Å². The number of alkyl halides is 3. The molecule has 1 aromatic carbocycles. The highest BCUT2D eigenvalue weighted by Gasteiger charge is 2.33. The van der Waals surface area contributed by atoms with Crippen LogP contribution in [0, 0.1) is 0 Å². The number of methoxy groups -OCH3 is 1. The first-order chi connectivity index (χ1) is 11.8. The number of anilines is 2.